The topological polar surface area (TPSA) is 60.6 Å². The van der Waals surface area contributed by atoms with E-state index in [4.69, 9.17) is 14.0 Å². The summed E-state index contributed by atoms with van der Waals surface area (Å²) in [6.45, 7) is 2.46. The van der Waals surface area contributed by atoms with Crippen LogP contribution in [0.5, 0.6) is 5.75 Å². The van der Waals surface area contributed by atoms with Gasteiger partial charge in [-0.15, -0.1) is 0 Å². The highest BCUT2D eigenvalue weighted by Crippen LogP contribution is 2.15. The minimum atomic E-state index is -0.298. The molecule has 6 nitrogen and oxygen atoms in total. The van der Waals surface area contributed by atoms with Crippen molar-refractivity contribution in [3.05, 3.63) is 41.8 Å². The van der Waals surface area contributed by atoms with Gasteiger partial charge in [0, 0.05) is 13.2 Å². The zero-order chi connectivity index (χ0) is 16.1. The van der Waals surface area contributed by atoms with Gasteiger partial charge in [0.2, 0.25) is 11.7 Å². The van der Waals surface area contributed by atoms with E-state index in [1.165, 1.54) is 12.1 Å². The van der Waals surface area contributed by atoms with Crippen LogP contribution in [0.1, 0.15) is 24.6 Å². The van der Waals surface area contributed by atoms with Gasteiger partial charge in [-0.3, -0.25) is 4.90 Å². The zero-order valence-electron chi connectivity index (χ0n) is 13.1. The molecule has 23 heavy (non-hydrogen) atoms. The van der Waals surface area contributed by atoms with E-state index in [1.807, 2.05) is 7.05 Å². The van der Waals surface area contributed by atoms with Crippen molar-refractivity contribution >= 4 is 0 Å². The van der Waals surface area contributed by atoms with Crippen LogP contribution in [0.15, 0.2) is 28.8 Å². The Hall–Kier alpha value is -1.99. The van der Waals surface area contributed by atoms with Crippen molar-refractivity contribution in [3.8, 4) is 5.75 Å². The molecule has 0 saturated carbocycles. The van der Waals surface area contributed by atoms with Gasteiger partial charge in [-0.1, -0.05) is 5.16 Å². The van der Waals surface area contributed by atoms with E-state index >= 15 is 0 Å². The third-order valence-corrected chi connectivity index (χ3v) is 3.64. The summed E-state index contributed by atoms with van der Waals surface area (Å²) < 4.78 is 29.1. The summed E-state index contributed by atoms with van der Waals surface area (Å²) in [5.74, 6) is 1.28. The Morgan fingerprint density at radius 1 is 1.35 bits per heavy atom. The molecule has 1 atom stereocenters. The summed E-state index contributed by atoms with van der Waals surface area (Å²) in [5, 5.41) is 3.89. The molecule has 1 fully saturated rings. The van der Waals surface area contributed by atoms with E-state index in [1.54, 1.807) is 12.1 Å². The Kier molecular flexibility index (Phi) is 5.19. The Balaban J connectivity index is 1.46. The van der Waals surface area contributed by atoms with Crippen molar-refractivity contribution in [3.63, 3.8) is 0 Å². The monoisotopic (exact) mass is 321 g/mol. The molecule has 7 heteroatoms. The van der Waals surface area contributed by atoms with Gasteiger partial charge >= 0.3 is 0 Å². The van der Waals surface area contributed by atoms with Crippen LogP contribution in [0.3, 0.4) is 0 Å². The lowest BCUT2D eigenvalue weighted by molar-refractivity contribution is 0.0763. The normalized spacial score (nSPS) is 17.8. The van der Waals surface area contributed by atoms with Crippen molar-refractivity contribution in [2.45, 2.75) is 32.1 Å². The molecule has 2 aromatic rings. The fourth-order valence-corrected chi connectivity index (χ4v) is 2.52. The number of ether oxygens (including phenoxy) is 2. The fraction of sp³-hybridized carbons (Fsp3) is 0.500. The molecule has 0 aliphatic carbocycles. The molecular weight excluding hydrogens is 301 g/mol. The first-order valence-electron chi connectivity index (χ1n) is 7.69. The number of benzene rings is 1. The molecule has 1 aliphatic rings. The summed E-state index contributed by atoms with van der Waals surface area (Å²) in [6.07, 6.45) is 2.53. The number of likely N-dealkylation sites (N-methyl/N-ethyl adjacent to an activating group) is 1. The molecule has 1 unspecified atom stereocenters. The van der Waals surface area contributed by atoms with Crippen LogP contribution in [0.4, 0.5) is 4.39 Å². The van der Waals surface area contributed by atoms with Crippen LogP contribution in [0.2, 0.25) is 0 Å². The van der Waals surface area contributed by atoms with Crippen LogP contribution in [-0.2, 0) is 17.9 Å². The molecule has 1 aliphatic heterocycles. The van der Waals surface area contributed by atoms with Gasteiger partial charge in [0.25, 0.3) is 0 Å². The van der Waals surface area contributed by atoms with E-state index in [0.717, 1.165) is 26.0 Å². The fourth-order valence-electron chi connectivity index (χ4n) is 2.52. The van der Waals surface area contributed by atoms with Crippen LogP contribution >= 0.6 is 0 Å². The summed E-state index contributed by atoms with van der Waals surface area (Å²) in [7, 11) is 2.00. The van der Waals surface area contributed by atoms with Crippen molar-refractivity contribution in [1.82, 2.24) is 15.0 Å². The van der Waals surface area contributed by atoms with Crippen LogP contribution in [-0.4, -0.2) is 41.3 Å². The van der Waals surface area contributed by atoms with E-state index in [2.05, 4.69) is 15.0 Å². The molecule has 0 N–H and O–H groups in total. The number of rotatable bonds is 7. The summed E-state index contributed by atoms with van der Waals surface area (Å²) >= 11 is 0. The largest absolute Gasteiger partial charge is 0.485 e. The maximum atomic E-state index is 12.8. The number of hydrogen-bond acceptors (Lipinski definition) is 6. The van der Waals surface area contributed by atoms with Crippen molar-refractivity contribution in [1.29, 1.82) is 0 Å². The first-order chi connectivity index (χ1) is 11.2. The maximum absolute atomic E-state index is 12.8. The average Bonchev–Trinajstić information content (AvgIpc) is 3.19. The SMILES string of the molecule is CN(Cc1nc(COc2ccc(F)cc2)no1)CC1CCCO1. The molecule has 2 heterocycles. The molecule has 0 bridgehead atoms. The third-order valence-electron chi connectivity index (χ3n) is 3.64. The minimum absolute atomic E-state index is 0.185. The lowest BCUT2D eigenvalue weighted by Gasteiger charge is -2.18. The molecular formula is C16H20FN3O3. The van der Waals surface area contributed by atoms with Crippen molar-refractivity contribution in [2.75, 3.05) is 20.2 Å². The highest BCUT2D eigenvalue weighted by atomic mass is 19.1. The first kappa shape index (κ1) is 15.9. The Morgan fingerprint density at radius 3 is 2.91 bits per heavy atom. The van der Waals surface area contributed by atoms with Gasteiger partial charge in [0.05, 0.1) is 12.6 Å². The average molecular weight is 321 g/mol. The predicted molar refractivity (Wildman–Crippen MR) is 80.3 cm³/mol. The number of aromatic nitrogens is 2. The highest BCUT2D eigenvalue weighted by molar-refractivity contribution is 5.22. The lowest BCUT2D eigenvalue weighted by atomic mass is 10.2. The molecule has 0 radical (unpaired) electrons. The van der Waals surface area contributed by atoms with E-state index in [9.17, 15) is 4.39 Å². The van der Waals surface area contributed by atoms with Crippen molar-refractivity contribution in [2.24, 2.45) is 0 Å². The summed E-state index contributed by atoms with van der Waals surface area (Å²) in [5.41, 5.74) is 0. The summed E-state index contributed by atoms with van der Waals surface area (Å²) in [4.78, 5) is 6.40. The van der Waals surface area contributed by atoms with Crippen LogP contribution in [0.25, 0.3) is 0 Å². The quantitative estimate of drug-likeness (QED) is 0.780. The van der Waals surface area contributed by atoms with E-state index in [-0.39, 0.29) is 12.4 Å². The first-order valence-corrected chi connectivity index (χ1v) is 7.69. The molecule has 1 aromatic carbocycles. The highest BCUT2D eigenvalue weighted by Gasteiger charge is 2.18. The number of hydrogen-bond donors (Lipinski definition) is 0. The molecule has 0 spiro atoms. The minimum Gasteiger partial charge on any atom is -0.485 e. The predicted octanol–water partition coefficient (Wildman–Crippen LogP) is 2.40. The second kappa shape index (κ2) is 7.52. The van der Waals surface area contributed by atoms with E-state index in [0.29, 0.717) is 30.1 Å². The van der Waals surface area contributed by atoms with Crippen molar-refractivity contribution < 1.29 is 18.4 Å². The molecule has 3 rings (SSSR count). The van der Waals surface area contributed by atoms with Gasteiger partial charge in [0.1, 0.15) is 11.6 Å². The second-order valence-corrected chi connectivity index (χ2v) is 5.68. The second-order valence-electron chi connectivity index (χ2n) is 5.68. The third kappa shape index (κ3) is 4.74. The summed E-state index contributed by atoms with van der Waals surface area (Å²) in [6, 6.07) is 5.81. The molecule has 1 aromatic heterocycles. The Bertz CT molecular complexity index is 611. The standard InChI is InChI=1S/C16H20FN3O3/c1-20(9-14-3-2-8-21-14)10-16-18-15(19-23-16)11-22-13-6-4-12(17)5-7-13/h4-7,14H,2-3,8-11H2,1H3. The van der Waals surface area contributed by atoms with Gasteiger partial charge in [-0.25, -0.2) is 4.39 Å². The Morgan fingerprint density at radius 2 is 2.17 bits per heavy atom. The van der Waals surface area contributed by atoms with E-state index < -0.39 is 0 Å². The van der Waals surface area contributed by atoms with Gasteiger partial charge in [0.15, 0.2) is 6.61 Å². The van der Waals surface area contributed by atoms with Crippen LogP contribution in [0, 0.1) is 5.82 Å². The van der Waals surface area contributed by atoms with Gasteiger partial charge in [-0.05, 0) is 44.2 Å². The van der Waals surface area contributed by atoms with Gasteiger partial charge in [-0.2, -0.15) is 4.98 Å². The molecule has 1 saturated heterocycles. The Labute approximate surface area is 134 Å². The number of nitrogens with zero attached hydrogens (tertiary/aromatic N) is 3. The maximum Gasteiger partial charge on any atom is 0.240 e. The lowest BCUT2D eigenvalue weighted by Crippen LogP contribution is -2.28. The number of halogens is 1. The molecule has 0 amide bonds. The smallest absolute Gasteiger partial charge is 0.240 e. The van der Waals surface area contributed by atoms with Gasteiger partial charge < -0.3 is 14.0 Å². The van der Waals surface area contributed by atoms with Crippen LogP contribution < -0.4 is 4.74 Å². The zero-order valence-corrected chi connectivity index (χ0v) is 13.1. The molecule has 124 valence electrons.